The molecule has 2 rings (SSSR count). The van der Waals surface area contributed by atoms with Crippen LogP contribution in [0.5, 0.6) is 0 Å². The van der Waals surface area contributed by atoms with Crippen molar-refractivity contribution in [3.8, 4) is 0 Å². The Morgan fingerprint density at radius 3 is 2.50 bits per heavy atom. The molecule has 0 spiro atoms. The molecule has 0 atom stereocenters. The van der Waals surface area contributed by atoms with Crippen LogP contribution in [0, 0.1) is 0 Å². The van der Waals surface area contributed by atoms with Crippen LogP contribution in [-0.4, -0.2) is 18.6 Å². The first-order valence-electron chi connectivity index (χ1n) is 5.09. The standard InChI is InChI=1S/C12H12N2O2/c1-14(10-8-11(15)12(10)16)7-4-9-2-5-13-6-3-9/h2-3,5-6,8H,4,7H2,1H3. The number of pyridine rings is 1. The van der Waals surface area contributed by atoms with Crippen molar-refractivity contribution in [1.82, 2.24) is 4.98 Å². The average Bonchev–Trinajstić information content (AvgIpc) is 2.33. The SMILES string of the molecule is CN(CCc1ccncc1)c1cc(=O)c1=O. The van der Waals surface area contributed by atoms with Crippen LogP contribution >= 0.6 is 0 Å². The molecule has 82 valence electrons. The van der Waals surface area contributed by atoms with E-state index in [2.05, 4.69) is 4.98 Å². The van der Waals surface area contributed by atoms with Gasteiger partial charge < -0.3 is 4.90 Å². The van der Waals surface area contributed by atoms with Crippen LogP contribution in [0.15, 0.2) is 40.2 Å². The minimum Gasteiger partial charge on any atom is -0.371 e. The van der Waals surface area contributed by atoms with Crippen molar-refractivity contribution in [2.75, 3.05) is 18.5 Å². The quantitative estimate of drug-likeness (QED) is 0.692. The molecule has 0 aliphatic carbocycles. The molecule has 0 saturated carbocycles. The van der Waals surface area contributed by atoms with Gasteiger partial charge in [-0.25, -0.2) is 0 Å². The van der Waals surface area contributed by atoms with E-state index in [0.717, 1.165) is 13.0 Å². The van der Waals surface area contributed by atoms with Gasteiger partial charge in [-0.15, -0.1) is 0 Å². The van der Waals surface area contributed by atoms with Crippen LogP contribution in [0.2, 0.25) is 0 Å². The lowest BCUT2D eigenvalue weighted by Gasteiger charge is -2.19. The highest BCUT2D eigenvalue weighted by molar-refractivity contribution is 5.49. The number of aromatic nitrogens is 1. The second-order valence-corrected chi connectivity index (χ2v) is 3.75. The van der Waals surface area contributed by atoms with E-state index in [0.29, 0.717) is 5.69 Å². The molecule has 16 heavy (non-hydrogen) atoms. The summed E-state index contributed by atoms with van der Waals surface area (Å²) >= 11 is 0. The number of hydrogen-bond acceptors (Lipinski definition) is 4. The van der Waals surface area contributed by atoms with Gasteiger partial charge in [0.25, 0.3) is 0 Å². The molecular formula is C12H12N2O2. The molecule has 0 saturated heterocycles. The highest BCUT2D eigenvalue weighted by Gasteiger charge is 2.13. The Morgan fingerprint density at radius 1 is 1.25 bits per heavy atom. The fourth-order valence-electron chi connectivity index (χ4n) is 1.55. The Hall–Kier alpha value is -1.97. The van der Waals surface area contributed by atoms with Gasteiger partial charge in [-0.1, -0.05) is 0 Å². The van der Waals surface area contributed by atoms with E-state index in [1.165, 1.54) is 11.6 Å². The van der Waals surface area contributed by atoms with Crippen molar-refractivity contribution >= 4 is 5.69 Å². The predicted octanol–water partition coefficient (Wildman–Crippen LogP) is 0.357. The van der Waals surface area contributed by atoms with Gasteiger partial charge in [0, 0.05) is 32.1 Å². The summed E-state index contributed by atoms with van der Waals surface area (Å²) in [5.41, 5.74) is 0.905. The van der Waals surface area contributed by atoms with Crippen molar-refractivity contribution in [1.29, 1.82) is 0 Å². The Balaban J connectivity index is 1.95. The summed E-state index contributed by atoms with van der Waals surface area (Å²) < 4.78 is 0. The summed E-state index contributed by atoms with van der Waals surface area (Å²) in [6.07, 6.45) is 4.32. The molecule has 0 aliphatic rings. The molecule has 2 aromatic rings. The Labute approximate surface area is 92.9 Å². The van der Waals surface area contributed by atoms with Crippen LogP contribution in [-0.2, 0) is 6.42 Å². The summed E-state index contributed by atoms with van der Waals surface area (Å²) in [5, 5.41) is 0. The third-order valence-corrected chi connectivity index (χ3v) is 2.62. The molecule has 1 aromatic heterocycles. The van der Waals surface area contributed by atoms with E-state index in [9.17, 15) is 9.59 Å². The van der Waals surface area contributed by atoms with E-state index < -0.39 is 5.43 Å². The van der Waals surface area contributed by atoms with Gasteiger partial charge in [-0.3, -0.25) is 14.6 Å². The molecule has 1 heterocycles. The second-order valence-electron chi connectivity index (χ2n) is 3.75. The lowest BCUT2D eigenvalue weighted by Crippen LogP contribution is -2.38. The maximum Gasteiger partial charge on any atom is 0.249 e. The number of hydrogen-bond donors (Lipinski definition) is 0. The Morgan fingerprint density at radius 2 is 1.94 bits per heavy atom. The zero-order valence-corrected chi connectivity index (χ0v) is 9.01. The summed E-state index contributed by atoms with van der Waals surface area (Å²) in [4.78, 5) is 27.6. The van der Waals surface area contributed by atoms with Gasteiger partial charge in [0.1, 0.15) is 0 Å². The second kappa shape index (κ2) is 4.26. The highest BCUT2D eigenvalue weighted by atomic mass is 16.2. The molecular weight excluding hydrogens is 204 g/mol. The average molecular weight is 216 g/mol. The van der Waals surface area contributed by atoms with Crippen LogP contribution in [0.1, 0.15) is 5.56 Å². The van der Waals surface area contributed by atoms with E-state index in [1.807, 2.05) is 24.1 Å². The van der Waals surface area contributed by atoms with E-state index in [4.69, 9.17) is 0 Å². The van der Waals surface area contributed by atoms with Crippen LogP contribution in [0.3, 0.4) is 0 Å². The molecule has 0 bridgehead atoms. The predicted molar refractivity (Wildman–Crippen MR) is 62.6 cm³/mol. The molecule has 0 amide bonds. The summed E-state index contributed by atoms with van der Waals surface area (Å²) in [7, 11) is 1.82. The highest BCUT2D eigenvalue weighted by Crippen LogP contribution is 2.05. The largest absolute Gasteiger partial charge is 0.371 e. The first-order valence-corrected chi connectivity index (χ1v) is 5.09. The van der Waals surface area contributed by atoms with Gasteiger partial charge in [-0.05, 0) is 24.1 Å². The molecule has 0 fully saturated rings. The van der Waals surface area contributed by atoms with Gasteiger partial charge in [0.2, 0.25) is 10.9 Å². The summed E-state index contributed by atoms with van der Waals surface area (Å²) in [6.45, 7) is 0.717. The van der Waals surface area contributed by atoms with Crippen molar-refractivity contribution in [3.63, 3.8) is 0 Å². The third-order valence-electron chi connectivity index (χ3n) is 2.62. The molecule has 0 unspecified atom stereocenters. The molecule has 4 nitrogen and oxygen atoms in total. The molecule has 0 aliphatic heterocycles. The maximum absolute atomic E-state index is 11.1. The monoisotopic (exact) mass is 216 g/mol. The van der Waals surface area contributed by atoms with Gasteiger partial charge in [0.05, 0.1) is 5.69 Å². The van der Waals surface area contributed by atoms with Gasteiger partial charge in [-0.2, -0.15) is 0 Å². The minimum atomic E-state index is -0.397. The fraction of sp³-hybridized carbons (Fsp3) is 0.250. The molecule has 0 N–H and O–H groups in total. The number of nitrogens with zero attached hydrogens (tertiary/aromatic N) is 2. The smallest absolute Gasteiger partial charge is 0.249 e. The first-order chi connectivity index (χ1) is 7.68. The Kier molecular flexibility index (Phi) is 2.81. The number of anilines is 1. The molecule has 4 heteroatoms. The van der Waals surface area contributed by atoms with Crippen molar-refractivity contribution in [2.45, 2.75) is 6.42 Å². The van der Waals surface area contributed by atoms with Crippen LogP contribution < -0.4 is 15.8 Å². The Bertz CT molecular complexity index is 541. The first kappa shape index (κ1) is 10.5. The van der Waals surface area contributed by atoms with Crippen LogP contribution in [0.4, 0.5) is 5.69 Å². The topological polar surface area (TPSA) is 50.3 Å². The summed E-state index contributed by atoms with van der Waals surface area (Å²) in [6, 6.07) is 5.26. The number of rotatable bonds is 4. The van der Waals surface area contributed by atoms with Crippen molar-refractivity contribution in [3.05, 3.63) is 56.6 Å². The minimum absolute atomic E-state index is 0.378. The fourth-order valence-corrected chi connectivity index (χ4v) is 1.55. The lowest BCUT2D eigenvalue weighted by molar-refractivity contribution is 0.865. The molecule has 0 radical (unpaired) electrons. The van der Waals surface area contributed by atoms with Crippen molar-refractivity contribution < 1.29 is 0 Å². The lowest BCUT2D eigenvalue weighted by atomic mass is 10.1. The zero-order chi connectivity index (χ0) is 11.5. The normalized spacial score (nSPS) is 10.6. The zero-order valence-electron chi connectivity index (χ0n) is 9.01. The third kappa shape index (κ3) is 2.00. The van der Waals surface area contributed by atoms with E-state index in [1.54, 1.807) is 12.4 Å². The van der Waals surface area contributed by atoms with E-state index in [-0.39, 0.29) is 5.43 Å². The maximum atomic E-state index is 11.1. The summed E-state index contributed by atoms with van der Waals surface area (Å²) in [5.74, 6) is 0. The van der Waals surface area contributed by atoms with Crippen LogP contribution in [0.25, 0.3) is 0 Å². The van der Waals surface area contributed by atoms with Gasteiger partial charge >= 0.3 is 0 Å². The molecule has 1 aromatic carbocycles. The van der Waals surface area contributed by atoms with E-state index >= 15 is 0 Å². The van der Waals surface area contributed by atoms with Crippen molar-refractivity contribution in [2.24, 2.45) is 0 Å². The van der Waals surface area contributed by atoms with Gasteiger partial charge in [0.15, 0.2) is 0 Å². The number of likely N-dealkylation sites (N-methyl/N-ethyl adjacent to an activating group) is 1.